The third-order valence-corrected chi connectivity index (χ3v) is 3.57. The number of tetrazole rings is 1. The molecule has 112 valence electrons. The Hall–Kier alpha value is -1.50. The van der Waals surface area contributed by atoms with Crippen molar-refractivity contribution in [2.24, 2.45) is 5.41 Å². The number of nitrogens with one attached hydrogen (secondary N) is 1. The minimum Gasteiger partial charge on any atom is -0.374 e. The van der Waals surface area contributed by atoms with Crippen LogP contribution in [-0.4, -0.2) is 57.2 Å². The molecule has 1 atom stereocenters. The minimum atomic E-state index is 0.0591. The topological polar surface area (TPSA) is 84.0 Å². The molecule has 0 radical (unpaired) electrons. The number of carbonyl (C=O) groups is 1. The zero-order valence-electron chi connectivity index (χ0n) is 12.4. The van der Waals surface area contributed by atoms with Crippen LogP contribution in [-0.2, 0) is 16.0 Å². The van der Waals surface area contributed by atoms with Gasteiger partial charge in [0.1, 0.15) is 0 Å². The van der Waals surface area contributed by atoms with Gasteiger partial charge in [-0.1, -0.05) is 26.0 Å². The van der Waals surface area contributed by atoms with E-state index in [0.717, 1.165) is 6.42 Å². The van der Waals surface area contributed by atoms with Crippen LogP contribution in [0.3, 0.4) is 0 Å². The van der Waals surface area contributed by atoms with Crippen molar-refractivity contribution in [3.8, 4) is 0 Å². The molecule has 1 aromatic rings. The predicted molar refractivity (Wildman–Crippen MR) is 72.9 cm³/mol. The van der Waals surface area contributed by atoms with Gasteiger partial charge in [-0.05, 0) is 11.8 Å². The van der Waals surface area contributed by atoms with Crippen LogP contribution in [0.5, 0.6) is 0 Å². The fourth-order valence-corrected chi connectivity index (χ4v) is 2.24. The van der Waals surface area contributed by atoms with Gasteiger partial charge in [-0.3, -0.25) is 4.79 Å². The number of morpholine rings is 1. The first-order valence-electron chi connectivity index (χ1n) is 7.08. The van der Waals surface area contributed by atoms with Crippen molar-refractivity contribution < 1.29 is 9.53 Å². The Balaban J connectivity index is 1.77. The number of aromatic nitrogens is 4. The second kappa shape index (κ2) is 6.30. The molecule has 1 fully saturated rings. The molecule has 1 unspecified atom stereocenters. The van der Waals surface area contributed by atoms with E-state index in [9.17, 15) is 4.79 Å². The smallest absolute Gasteiger partial charge is 0.222 e. The number of carbonyl (C=O) groups excluding carboxylic acids is 1. The molecule has 0 bridgehead atoms. The van der Waals surface area contributed by atoms with E-state index in [1.54, 1.807) is 0 Å². The molecule has 0 aromatic carbocycles. The number of hydrogen-bond donors (Lipinski definition) is 1. The SMILES string of the molecule is CC(C)(C)C1CN(C(=O)CCCc2nn[nH]n2)CCO1. The van der Waals surface area contributed by atoms with Gasteiger partial charge in [0.05, 0.1) is 12.7 Å². The molecule has 1 amide bonds. The van der Waals surface area contributed by atoms with E-state index in [2.05, 4.69) is 41.4 Å². The number of ether oxygens (including phenoxy) is 1. The highest BCUT2D eigenvalue weighted by Crippen LogP contribution is 2.25. The van der Waals surface area contributed by atoms with E-state index >= 15 is 0 Å². The molecular weight excluding hydrogens is 258 g/mol. The highest BCUT2D eigenvalue weighted by Gasteiger charge is 2.32. The van der Waals surface area contributed by atoms with E-state index in [0.29, 0.717) is 38.4 Å². The van der Waals surface area contributed by atoms with Crippen molar-refractivity contribution in [3.05, 3.63) is 5.82 Å². The monoisotopic (exact) mass is 281 g/mol. The predicted octanol–water partition coefficient (Wildman–Crippen LogP) is 0.796. The first kappa shape index (κ1) is 14.9. The van der Waals surface area contributed by atoms with Crippen LogP contribution in [0, 0.1) is 5.41 Å². The Labute approximate surface area is 119 Å². The highest BCUT2D eigenvalue weighted by atomic mass is 16.5. The maximum Gasteiger partial charge on any atom is 0.222 e. The van der Waals surface area contributed by atoms with Crippen molar-refractivity contribution in [1.29, 1.82) is 0 Å². The second-order valence-corrected chi connectivity index (χ2v) is 6.25. The average molecular weight is 281 g/mol. The summed E-state index contributed by atoms with van der Waals surface area (Å²) in [5, 5.41) is 13.7. The normalized spacial score (nSPS) is 20.1. The summed E-state index contributed by atoms with van der Waals surface area (Å²) in [6.07, 6.45) is 2.05. The summed E-state index contributed by atoms with van der Waals surface area (Å²) < 4.78 is 5.76. The van der Waals surface area contributed by atoms with Crippen LogP contribution in [0.2, 0.25) is 0 Å². The van der Waals surface area contributed by atoms with Gasteiger partial charge in [0.2, 0.25) is 5.91 Å². The Morgan fingerprint density at radius 1 is 1.50 bits per heavy atom. The van der Waals surface area contributed by atoms with Crippen molar-refractivity contribution in [3.63, 3.8) is 0 Å². The van der Waals surface area contributed by atoms with Crippen molar-refractivity contribution >= 4 is 5.91 Å². The number of H-pyrrole nitrogens is 1. The Morgan fingerprint density at radius 2 is 2.30 bits per heavy atom. The third kappa shape index (κ3) is 4.00. The van der Waals surface area contributed by atoms with Crippen LogP contribution < -0.4 is 0 Å². The van der Waals surface area contributed by atoms with Gasteiger partial charge in [0, 0.05) is 25.9 Å². The van der Waals surface area contributed by atoms with Gasteiger partial charge in [-0.15, -0.1) is 10.2 Å². The fraction of sp³-hybridized carbons (Fsp3) is 0.846. The lowest BCUT2D eigenvalue weighted by Crippen LogP contribution is -2.50. The quantitative estimate of drug-likeness (QED) is 0.882. The van der Waals surface area contributed by atoms with E-state index in [1.807, 2.05) is 4.90 Å². The van der Waals surface area contributed by atoms with E-state index in [4.69, 9.17) is 4.74 Å². The standard InChI is InChI=1S/C13H23N5O2/c1-13(2,3)10-9-18(7-8-20-10)12(19)6-4-5-11-14-16-17-15-11/h10H,4-9H2,1-3H3,(H,14,15,16,17). The zero-order chi connectivity index (χ0) is 14.6. The molecule has 0 saturated carbocycles. The number of aromatic amines is 1. The highest BCUT2D eigenvalue weighted by molar-refractivity contribution is 5.76. The van der Waals surface area contributed by atoms with E-state index < -0.39 is 0 Å². The summed E-state index contributed by atoms with van der Waals surface area (Å²) in [7, 11) is 0. The lowest BCUT2D eigenvalue weighted by atomic mass is 9.88. The van der Waals surface area contributed by atoms with Crippen LogP contribution in [0.4, 0.5) is 0 Å². The summed E-state index contributed by atoms with van der Waals surface area (Å²) in [5.74, 6) is 0.846. The van der Waals surface area contributed by atoms with Gasteiger partial charge >= 0.3 is 0 Å². The van der Waals surface area contributed by atoms with Crippen LogP contribution in [0.1, 0.15) is 39.4 Å². The molecule has 0 spiro atoms. The molecule has 2 heterocycles. The maximum atomic E-state index is 12.2. The van der Waals surface area contributed by atoms with E-state index in [1.165, 1.54) is 0 Å². The van der Waals surface area contributed by atoms with Crippen molar-refractivity contribution in [2.45, 2.75) is 46.1 Å². The van der Waals surface area contributed by atoms with Crippen LogP contribution >= 0.6 is 0 Å². The zero-order valence-corrected chi connectivity index (χ0v) is 12.4. The molecule has 1 saturated heterocycles. The van der Waals surface area contributed by atoms with E-state index in [-0.39, 0.29) is 17.4 Å². The summed E-state index contributed by atoms with van der Waals surface area (Å²) >= 11 is 0. The molecule has 1 N–H and O–H groups in total. The molecule has 7 heteroatoms. The van der Waals surface area contributed by atoms with Gasteiger partial charge < -0.3 is 9.64 Å². The molecule has 2 rings (SSSR count). The van der Waals surface area contributed by atoms with Gasteiger partial charge in [-0.2, -0.15) is 5.21 Å². The molecule has 1 aliphatic heterocycles. The van der Waals surface area contributed by atoms with Crippen LogP contribution in [0.25, 0.3) is 0 Å². The molecule has 1 aliphatic rings. The first-order chi connectivity index (χ1) is 9.47. The Kier molecular flexibility index (Phi) is 4.69. The molecule has 7 nitrogen and oxygen atoms in total. The number of nitrogens with zero attached hydrogens (tertiary/aromatic N) is 4. The van der Waals surface area contributed by atoms with Gasteiger partial charge in [0.15, 0.2) is 5.82 Å². The van der Waals surface area contributed by atoms with Crippen molar-refractivity contribution in [2.75, 3.05) is 19.7 Å². The molecular formula is C13H23N5O2. The third-order valence-electron chi connectivity index (χ3n) is 3.57. The number of aryl methyl sites for hydroxylation is 1. The lowest BCUT2D eigenvalue weighted by molar-refractivity contribution is -0.143. The molecule has 20 heavy (non-hydrogen) atoms. The lowest BCUT2D eigenvalue weighted by Gasteiger charge is -2.39. The fourth-order valence-electron chi connectivity index (χ4n) is 2.24. The summed E-state index contributed by atoms with van der Waals surface area (Å²) in [6, 6.07) is 0. The molecule has 0 aliphatic carbocycles. The van der Waals surface area contributed by atoms with Gasteiger partial charge in [0.25, 0.3) is 0 Å². The Morgan fingerprint density at radius 3 is 2.95 bits per heavy atom. The molecule has 1 aromatic heterocycles. The summed E-state index contributed by atoms with van der Waals surface area (Å²) in [4.78, 5) is 14.1. The minimum absolute atomic E-state index is 0.0591. The average Bonchev–Trinajstić information content (AvgIpc) is 2.91. The first-order valence-corrected chi connectivity index (χ1v) is 7.08. The van der Waals surface area contributed by atoms with Crippen LogP contribution in [0.15, 0.2) is 0 Å². The number of amides is 1. The Bertz CT molecular complexity index is 426. The van der Waals surface area contributed by atoms with Gasteiger partial charge in [-0.25, -0.2) is 0 Å². The largest absolute Gasteiger partial charge is 0.374 e. The number of hydrogen-bond acceptors (Lipinski definition) is 5. The second-order valence-electron chi connectivity index (χ2n) is 6.25. The maximum absolute atomic E-state index is 12.2. The summed E-state index contributed by atoms with van der Waals surface area (Å²) in [5.41, 5.74) is 0.0591. The summed E-state index contributed by atoms with van der Waals surface area (Å²) in [6.45, 7) is 8.42. The van der Waals surface area contributed by atoms with Crippen molar-refractivity contribution in [1.82, 2.24) is 25.5 Å². The number of rotatable bonds is 4.